The largest absolute Gasteiger partial charge is 0.339 e. The molecule has 0 N–H and O–H groups in total. The Bertz CT molecular complexity index is 764. The Kier molecular flexibility index (Phi) is 4.12. The molecular weight excluding hydrogens is 332 g/mol. The second-order valence-corrected chi connectivity index (χ2v) is 7.81. The Morgan fingerprint density at radius 2 is 1.88 bits per heavy atom. The van der Waals surface area contributed by atoms with Crippen molar-refractivity contribution < 1.29 is 9.59 Å². The number of nitrogens with zero attached hydrogens (tertiary/aromatic N) is 2. The van der Waals surface area contributed by atoms with Gasteiger partial charge < -0.3 is 9.80 Å². The molecule has 0 radical (unpaired) electrons. The van der Waals surface area contributed by atoms with Gasteiger partial charge in [0.25, 0.3) is 5.91 Å². The number of thiophene rings is 1. The molecule has 1 atom stereocenters. The number of hydrogen-bond acceptors (Lipinski definition) is 3. The third kappa shape index (κ3) is 2.67. The zero-order valence-electron chi connectivity index (χ0n) is 14.4. The molecule has 2 saturated heterocycles. The van der Waals surface area contributed by atoms with Crippen molar-refractivity contribution >= 4 is 23.2 Å². The van der Waals surface area contributed by atoms with E-state index in [4.69, 9.17) is 0 Å². The average molecular weight is 354 g/mol. The SMILES string of the molecule is CN1C(=O)CC(c2ccccc2)C12CCN(C(=O)c1ccsc1)CC2. The fourth-order valence-electron chi connectivity index (χ4n) is 4.45. The van der Waals surface area contributed by atoms with Crippen LogP contribution in [-0.4, -0.2) is 47.3 Å². The zero-order valence-corrected chi connectivity index (χ0v) is 15.2. The van der Waals surface area contributed by atoms with Crippen LogP contribution in [0.4, 0.5) is 0 Å². The molecule has 1 aromatic heterocycles. The van der Waals surface area contributed by atoms with Crippen LogP contribution in [0.2, 0.25) is 0 Å². The molecule has 0 saturated carbocycles. The number of benzene rings is 1. The van der Waals surface area contributed by atoms with Crippen molar-refractivity contribution in [3.8, 4) is 0 Å². The van der Waals surface area contributed by atoms with Crippen molar-refractivity contribution in [1.29, 1.82) is 0 Å². The lowest BCUT2D eigenvalue weighted by Gasteiger charge is -2.46. The Balaban J connectivity index is 1.57. The summed E-state index contributed by atoms with van der Waals surface area (Å²) in [5, 5.41) is 3.85. The van der Waals surface area contributed by atoms with Crippen molar-refractivity contribution in [2.75, 3.05) is 20.1 Å². The van der Waals surface area contributed by atoms with Crippen LogP contribution in [0.1, 0.15) is 41.1 Å². The standard InChI is InChI=1S/C20H22N2O2S/c1-21-18(23)13-17(15-5-3-2-4-6-15)20(21)8-10-22(11-9-20)19(24)16-7-12-25-14-16/h2-7,12,14,17H,8-11,13H2,1H3. The Morgan fingerprint density at radius 3 is 2.52 bits per heavy atom. The minimum atomic E-state index is -0.163. The highest BCUT2D eigenvalue weighted by molar-refractivity contribution is 7.08. The molecule has 2 aliphatic heterocycles. The summed E-state index contributed by atoms with van der Waals surface area (Å²) < 4.78 is 0. The van der Waals surface area contributed by atoms with Gasteiger partial charge in [0.1, 0.15) is 0 Å². The Labute approximate surface area is 152 Å². The molecule has 5 heteroatoms. The van der Waals surface area contributed by atoms with E-state index in [0.717, 1.165) is 18.4 Å². The van der Waals surface area contributed by atoms with Gasteiger partial charge in [0.05, 0.1) is 11.1 Å². The van der Waals surface area contributed by atoms with Gasteiger partial charge in [-0.25, -0.2) is 0 Å². The molecule has 2 aliphatic rings. The van der Waals surface area contributed by atoms with Crippen molar-refractivity contribution in [2.45, 2.75) is 30.7 Å². The van der Waals surface area contributed by atoms with E-state index in [0.29, 0.717) is 19.5 Å². The van der Waals surface area contributed by atoms with Gasteiger partial charge in [-0.05, 0) is 29.9 Å². The third-order valence-electron chi connectivity index (χ3n) is 5.96. The maximum atomic E-state index is 12.6. The summed E-state index contributed by atoms with van der Waals surface area (Å²) in [5.74, 6) is 0.537. The second kappa shape index (κ2) is 6.30. The van der Waals surface area contributed by atoms with Gasteiger partial charge in [0.15, 0.2) is 0 Å². The van der Waals surface area contributed by atoms with Crippen LogP contribution in [0.3, 0.4) is 0 Å². The van der Waals surface area contributed by atoms with E-state index in [9.17, 15) is 9.59 Å². The molecule has 0 aliphatic carbocycles. The first-order valence-electron chi connectivity index (χ1n) is 8.75. The molecule has 130 valence electrons. The van der Waals surface area contributed by atoms with Gasteiger partial charge in [-0.15, -0.1) is 0 Å². The van der Waals surface area contributed by atoms with Gasteiger partial charge in [-0.2, -0.15) is 11.3 Å². The van der Waals surface area contributed by atoms with E-state index in [1.54, 1.807) is 11.3 Å². The monoisotopic (exact) mass is 354 g/mol. The summed E-state index contributed by atoms with van der Waals surface area (Å²) in [7, 11) is 1.93. The van der Waals surface area contributed by atoms with Gasteiger partial charge in [-0.3, -0.25) is 9.59 Å². The van der Waals surface area contributed by atoms with Crippen LogP contribution in [0.25, 0.3) is 0 Å². The predicted octanol–water partition coefficient (Wildman–Crippen LogP) is 3.37. The normalized spacial score (nSPS) is 22.6. The number of amides is 2. The van der Waals surface area contributed by atoms with Crippen molar-refractivity contribution in [2.24, 2.45) is 0 Å². The number of likely N-dealkylation sites (N-methyl/N-ethyl adjacent to an activating group) is 1. The molecule has 4 rings (SSSR count). The molecule has 3 heterocycles. The fourth-order valence-corrected chi connectivity index (χ4v) is 5.08. The molecule has 2 aromatic rings. The first kappa shape index (κ1) is 16.3. The van der Waals surface area contributed by atoms with Crippen LogP contribution in [-0.2, 0) is 4.79 Å². The summed E-state index contributed by atoms with van der Waals surface area (Å²) in [6.07, 6.45) is 2.24. The fraction of sp³-hybridized carbons (Fsp3) is 0.400. The number of carbonyl (C=O) groups is 2. The van der Waals surface area contributed by atoms with Crippen LogP contribution >= 0.6 is 11.3 Å². The van der Waals surface area contributed by atoms with E-state index >= 15 is 0 Å². The van der Waals surface area contributed by atoms with Crippen molar-refractivity contribution in [1.82, 2.24) is 9.80 Å². The first-order chi connectivity index (χ1) is 12.1. The molecule has 4 nitrogen and oxygen atoms in total. The average Bonchev–Trinajstić information content (AvgIpc) is 3.27. The highest BCUT2D eigenvalue weighted by Gasteiger charge is 2.52. The molecule has 2 amide bonds. The summed E-state index contributed by atoms with van der Waals surface area (Å²) in [6.45, 7) is 1.41. The number of carbonyl (C=O) groups excluding carboxylic acids is 2. The maximum Gasteiger partial charge on any atom is 0.254 e. The lowest BCUT2D eigenvalue weighted by Crippen LogP contribution is -2.55. The summed E-state index contributed by atoms with van der Waals surface area (Å²) in [5.41, 5.74) is 1.85. The molecule has 0 bridgehead atoms. The lowest BCUT2D eigenvalue weighted by atomic mass is 9.73. The van der Waals surface area contributed by atoms with Gasteiger partial charge in [0, 0.05) is 37.9 Å². The number of likely N-dealkylation sites (tertiary alicyclic amines) is 2. The summed E-state index contributed by atoms with van der Waals surface area (Å²) in [4.78, 5) is 29.0. The lowest BCUT2D eigenvalue weighted by molar-refractivity contribution is -0.130. The minimum absolute atomic E-state index is 0.110. The highest BCUT2D eigenvalue weighted by atomic mass is 32.1. The second-order valence-electron chi connectivity index (χ2n) is 7.03. The number of piperidine rings is 1. The maximum absolute atomic E-state index is 12.6. The van der Waals surface area contributed by atoms with Gasteiger partial charge in [0.2, 0.25) is 5.91 Å². The topological polar surface area (TPSA) is 40.6 Å². The van der Waals surface area contributed by atoms with E-state index in [1.165, 1.54) is 5.56 Å². The number of hydrogen-bond donors (Lipinski definition) is 0. The smallest absolute Gasteiger partial charge is 0.254 e. The zero-order chi connectivity index (χ0) is 17.4. The number of rotatable bonds is 2. The summed E-state index contributed by atoms with van der Waals surface area (Å²) in [6, 6.07) is 12.2. The van der Waals surface area contributed by atoms with E-state index in [2.05, 4.69) is 12.1 Å². The van der Waals surface area contributed by atoms with Crippen LogP contribution in [0.5, 0.6) is 0 Å². The quantitative estimate of drug-likeness (QED) is 0.830. The highest BCUT2D eigenvalue weighted by Crippen LogP contribution is 2.48. The molecule has 2 fully saturated rings. The van der Waals surface area contributed by atoms with Crippen molar-refractivity contribution in [3.05, 3.63) is 58.3 Å². The van der Waals surface area contributed by atoms with Gasteiger partial charge in [-0.1, -0.05) is 30.3 Å². The van der Waals surface area contributed by atoms with Crippen molar-refractivity contribution in [3.63, 3.8) is 0 Å². The third-order valence-corrected chi connectivity index (χ3v) is 6.64. The van der Waals surface area contributed by atoms with Crippen LogP contribution in [0, 0.1) is 0 Å². The minimum Gasteiger partial charge on any atom is -0.339 e. The Hall–Kier alpha value is -2.14. The molecule has 1 unspecified atom stereocenters. The van der Waals surface area contributed by atoms with E-state index < -0.39 is 0 Å². The van der Waals surface area contributed by atoms with E-state index in [1.807, 2.05) is 51.9 Å². The predicted molar refractivity (Wildman–Crippen MR) is 98.8 cm³/mol. The van der Waals surface area contributed by atoms with Crippen LogP contribution < -0.4 is 0 Å². The van der Waals surface area contributed by atoms with Crippen LogP contribution in [0.15, 0.2) is 47.2 Å². The summed E-state index contributed by atoms with van der Waals surface area (Å²) >= 11 is 1.55. The van der Waals surface area contributed by atoms with E-state index in [-0.39, 0.29) is 23.3 Å². The Morgan fingerprint density at radius 1 is 1.16 bits per heavy atom. The van der Waals surface area contributed by atoms with Gasteiger partial charge >= 0.3 is 0 Å². The molecule has 1 spiro atoms. The first-order valence-corrected chi connectivity index (χ1v) is 9.69. The molecule has 1 aromatic carbocycles. The molecule has 25 heavy (non-hydrogen) atoms. The molecular formula is C20H22N2O2S.